The molecule has 0 aromatic heterocycles. The highest BCUT2D eigenvalue weighted by atomic mass is 79.9. The fourth-order valence-electron chi connectivity index (χ4n) is 1.03. The van der Waals surface area contributed by atoms with Crippen molar-refractivity contribution in [2.24, 2.45) is 0 Å². The highest BCUT2D eigenvalue weighted by molar-refractivity contribution is 9.10. The predicted molar refractivity (Wildman–Crippen MR) is 52.6 cm³/mol. The van der Waals surface area contributed by atoms with Crippen LogP contribution in [0.1, 0.15) is 25.0 Å². The molecule has 0 aliphatic rings. The largest absolute Gasteiger partial charge is 0.0616 e. The topological polar surface area (TPSA) is 0 Å². The van der Waals surface area contributed by atoms with E-state index in [4.69, 9.17) is 0 Å². The average Bonchev–Trinajstić information content (AvgIpc) is 1.94. The van der Waals surface area contributed by atoms with Gasteiger partial charge in [-0.25, -0.2) is 0 Å². The zero-order chi connectivity index (χ0) is 8.43. The minimum absolute atomic E-state index is 1.22. The summed E-state index contributed by atoms with van der Waals surface area (Å²) in [4.78, 5) is 0. The van der Waals surface area contributed by atoms with Crippen molar-refractivity contribution in [3.8, 4) is 0 Å². The summed E-state index contributed by atoms with van der Waals surface area (Å²) in [7, 11) is 0. The first-order valence-electron chi connectivity index (χ1n) is 3.68. The van der Waals surface area contributed by atoms with Crippen LogP contribution in [0.15, 0.2) is 22.7 Å². The van der Waals surface area contributed by atoms with E-state index in [1.165, 1.54) is 21.5 Å². The Kier molecular flexibility index (Phi) is 2.72. The highest BCUT2D eigenvalue weighted by Gasteiger charge is 2.05. The first-order valence-corrected chi connectivity index (χ1v) is 4.48. The molecule has 0 aliphatic carbocycles. The molecular weight excluding hydrogens is 200 g/mol. The van der Waals surface area contributed by atoms with Crippen molar-refractivity contribution in [2.75, 3.05) is 0 Å². The van der Waals surface area contributed by atoms with Gasteiger partial charge in [-0.05, 0) is 24.0 Å². The molecule has 0 spiro atoms. The normalized spacial score (nSPS) is 10.6. The third-order valence-electron chi connectivity index (χ3n) is 1.73. The van der Waals surface area contributed by atoms with Gasteiger partial charge in [-0.3, -0.25) is 0 Å². The molecule has 0 N–H and O–H groups in total. The van der Waals surface area contributed by atoms with Crippen LogP contribution in [0, 0.1) is 12.8 Å². The Morgan fingerprint density at radius 2 is 1.91 bits per heavy atom. The van der Waals surface area contributed by atoms with Crippen molar-refractivity contribution in [2.45, 2.75) is 20.8 Å². The molecule has 0 fully saturated rings. The molecule has 1 aromatic rings. The minimum Gasteiger partial charge on any atom is -0.0616 e. The summed E-state index contributed by atoms with van der Waals surface area (Å²) in [6.07, 6.45) is 0. The first kappa shape index (κ1) is 8.79. The number of halogens is 1. The van der Waals surface area contributed by atoms with Gasteiger partial charge in [0.05, 0.1) is 0 Å². The van der Waals surface area contributed by atoms with Crippen LogP contribution in [0.2, 0.25) is 0 Å². The van der Waals surface area contributed by atoms with Crippen molar-refractivity contribution in [3.63, 3.8) is 0 Å². The van der Waals surface area contributed by atoms with E-state index in [0.29, 0.717) is 0 Å². The predicted octanol–water partition coefficient (Wildman–Crippen LogP) is 3.72. The first-order chi connectivity index (χ1) is 5.13. The van der Waals surface area contributed by atoms with E-state index in [9.17, 15) is 0 Å². The van der Waals surface area contributed by atoms with E-state index < -0.39 is 0 Å². The Morgan fingerprint density at radius 3 is 2.36 bits per heavy atom. The smallest absolute Gasteiger partial charge is 0.0242 e. The van der Waals surface area contributed by atoms with E-state index in [0.717, 1.165) is 0 Å². The zero-order valence-electron chi connectivity index (χ0n) is 7.11. The molecule has 0 amide bonds. The molecule has 0 bridgehead atoms. The second kappa shape index (κ2) is 3.40. The Morgan fingerprint density at radius 1 is 1.27 bits per heavy atom. The third-order valence-corrected chi connectivity index (χ3v) is 2.78. The van der Waals surface area contributed by atoms with Gasteiger partial charge in [-0.1, -0.05) is 48.0 Å². The standard InChI is InChI=1S/C10H12Br/c1-7(2)9-6-4-5-8(3)10(9)11/h4-6H,1-3H3. The van der Waals surface area contributed by atoms with E-state index in [2.05, 4.69) is 54.9 Å². The third kappa shape index (κ3) is 1.84. The molecule has 0 saturated carbocycles. The van der Waals surface area contributed by atoms with Crippen LogP contribution in [0.4, 0.5) is 0 Å². The number of hydrogen-bond acceptors (Lipinski definition) is 0. The molecule has 59 valence electrons. The Hall–Kier alpha value is -0.300. The second-order valence-corrected chi connectivity index (χ2v) is 3.73. The summed E-state index contributed by atoms with van der Waals surface area (Å²) in [5.41, 5.74) is 2.61. The van der Waals surface area contributed by atoms with Crippen molar-refractivity contribution in [3.05, 3.63) is 39.7 Å². The fraction of sp³-hybridized carbons (Fsp3) is 0.300. The maximum Gasteiger partial charge on any atom is 0.0242 e. The summed E-state index contributed by atoms with van der Waals surface area (Å²) in [5.74, 6) is 1.35. The van der Waals surface area contributed by atoms with Crippen molar-refractivity contribution in [1.82, 2.24) is 0 Å². The van der Waals surface area contributed by atoms with Gasteiger partial charge in [0.25, 0.3) is 0 Å². The molecule has 1 aromatic carbocycles. The van der Waals surface area contributed by atoms with Gasteiger partial charge in [0.15, 0.2) is 0 Å². The summed E-state index contributed by atoms with van der Waals surface area (Å²) in [6.45, 7) is 6.36. The van der Waals surface area contributed by atoms with Gasteiger partial charge in [0, 0.05) is 4.47 Å². The molecule has 0 heterocycles. The summed E-state index contributed by atoms with van der Waals surface area (Å²) in [5, 5.41) is 0. The zero-order valence-corrected chi connectivity index (χ0v) is 8.70. The molecule has 1 radical (unpaired) electrons. The maximum absolute atomic E-state index is 3.56. The molecule has 0 atom stereocenters. The molecule has 11 heavy (non-hydrogen) atoms. The number of aryl methyl sites for hydroxylation is 1. The lowest BCUT2D eigenvalue weighted by atomic mass is 10.0. The van der Waals surface area contributed by atoms with E-state index in [1.54, 1.807) is 0 Å². The fourth-order valence-corrected chi connectivity index (χ4v) is 1.69. The SMILES string of the molecule is C[C](C)c1cccc(C)c1Br. The van der Waals surface area contributed by atoms with Gasteiger partial charge in [-0.2, -0.15) is 0 Å². The lowest BCUT2D eigenvalue weighted by Gasteiger charge is -2.08. The Balaban J connectivity index is 3.17. The van der Waals surface area contributed by atoms with Gasteiger partial charge in [0.1, 0.15) is 0 Å². The van der Waals surface area contributed by atoms with E-state index in [-0.39, 0.29) is 0 Å². The van der Waals surface area contributed by atoms with Gasteiger partial charge in [0.2, 0.25) is 0 Å². The van der Waals surface area contributed by atoms with Gasteiger partial charge in [-0.15, -0.1) is 0 Å². The van der Waals surface area contributed by atoms with Crippen LogP contribution < -0.4 is 0 Å². The molecule has 0 nitrogen and oxygen atoms in total. The summed E-state index contributed by atoms with van der Waals surface area (Å²) >= 11 is 3.56. The summed E-state index contributed by atoms with van der Waals surface area (Å²) < 4.78 is 1.22. The van der Waals surface area contributed by atoms with Crippen LogP contribution in [-0.2, 0) is 0 Å². The summed E-state index contributed by atoms with van der Waals surface area (Å²) in [6, 6.07) is 6.32. The van der Waals surface area contributed by atoms with Crippen LogP contribution in [0.3, 0.4) is 0 Å². The monoisotopic (exact) mass is 211 g/mol. The number of hydrogen-bond donors (Lipinski definition) is 0. The van der Waals surface area contributed by atoms with Crippen LogP contribution in [0.5, 0.6) is 0 Å². The Bertz CT molecular complexity index is 251. The molecule has 0 unspecified atom stereocenters. The number of rotatable bonds is 1. The minimum atomic E-state index is 1.22. The Labute approximate surface area is 76.8 Å². The lowest BCUT2D eigenvalue weighted by Crippen LogP contribution is -1.90. The van der Waals surface area contributed by atoms with Crippen LogP contribution in [0.25, 0.3) is 0 Å². The van der Waals surface area contributed by atoms with E-state index in [1.807, 2.05) is 0 Å². The molecular formula is C10H12Br. The average molecular weight is 212 g/mol. The molecule has 1 rings (SSSR count). The quantitative estimate of drug-likeness (QED) is 0.665. The van der Waals surface area contributed by atoms with Crippen LogP contribution in [-0.4, -0.2) is 0 Å². The van der Waals surface area contributed by atoms with E-state index >= 15 is 0 Å². The van der Waals surface area contributed by atoms with Crippen molar-refractivity contribution < 1.29 is 0 Å². The molecule has 1 heteroatoms. The lowest BCUT2D eigenvalue weighted by molar-refractivity contribution is 1.13. The maximum atomic E-state index is 3.56. The van der Waals surface area contributed by atoms with Gasteiger partial charge >= 0.3 is 0 Å². The number of benzene rings is 1. The highest BCUT2D eigenvalue weighted by Crippen LogP contribution is 2.26. The van der Waals surface area contributed by atoms with Crippen molar-refractivity contribution in [1.29, 1.82) is 0 Å². The molecule has 0 aliphatic heterocycles. The van der Waals surface area contributed by atoms with Crippen LogP contribution >= 0.6 is 15.9 Å². The van der Waals surface area contributed by atoms with Gasteiger partial charge < -0.3 is 0 Å². The van der Waals surface area contributed by atoms with Crippen molar-refractivity contribution >= 4 is 15.9 Å². The molecule has 0 saturated heterocycles. The second-order valence-electron chi connectivity index (χ2n) is 2.94.